The Kier molecular flexibility index (Phi) is 6.00. The molecule has 1 atom stereocenters. The van der Waals surface area contributed by atoms with Crippen molar-refractivity contribution in [3.05, 3.63) is 34.1 Å². The van der Waals surface area contributed by atoms with Gasteiger partial charge < -0.3 is 0 Å². The fraction of sp³-hybridized carbons (Fsp3) is 0.625. The van der Waals surface area contributed by atoms with E-state index in [2.05, 4.69) is 28.3 Å². The third-order valence-electron chi connectivity index (χ3n) is 4.53. The summed E-state index contributed by atoms with van der Waals surface area (Å²) < 4.78 is 14.9. The van der Waals surface area contributed by atoms with E-state index in [1.54, 1.807) is 6.07 Å². The molecule has 1 fully saturated rings. The lowest BCUT2D eigenvalue weighted by Crippen LogP contribution is -2.36. The number of hydrazine groups is 1. The fourth-order valence-electron chi connectivity index (χ4n) is 3.45. The van der Waals surface area contributed by atoms with Crippen molar-refractivity contribution in [3.8, 4) is 0 Å². The lowest BCUT2D eigenvalue weighted by molar-refractivity contribution is 0.212. The zero-order chi connectivity index (χ0) is 14.5. The van der Waals surface area contributed by atoms with E-state index in [0.29, 0.717) is 11.5 Å². The molecule has 0 aromatic heterocycles. The Bertz CT molecular complexity index is 430. The van der Waals surface area contributed by atoms with E-state index in [1.165, 1.54) is 31.7 Å². The first-order chi connectivity index (χ1) is 9.65. The Labute approximate surface area is 129 Å². The summed E-state index contributed by atoms with van der Waals surface area (Å²) in [6, 6.07) is 4.99. The molecule has 0 bridgehead atoms. The average molecular weight is 343 g/mol. The van der Waals surface area contributed by atoms with Crippen molar-refractivity contribution in [3.63, 3.8) is 0 Å². The van der Waals surface area contributed by atoms with Gasteiger partial charge in [-0.25, -0.2) is 4.39 Å². The van der Waals surface area contributed by atoms with Gasteiger partial charge in [0.05, 0.1) is 6.04 Å². The van der Waals surface area contributed by atoms with Crippen LogP contribution in [0, 0.1) is 17.7 Å². The van der Waals surface area contributed by atoms with Crippen LogP contribution in [0.3, 0.4) is 0 Å². The standard InChI is InChI=1S/C16H24BrFN2/c1-2-3-11-4-6-12(7-5-11)16(20-19)14-10-13(17)8-9-15(14)18/h8-12,16,20H,2-7,19H2,1H3. The van der Waals surface area contributed by atoms with Crippen LogP contribution in [0.1, 0.15) is 57.1 Å². The molecule has 0 radical (unpaired) electrons. The van der Waals surface area contributed by atoms with Crippen molar-refractivity contribution in [1.29, 1.82) is 0 Å². The smallest absolute Gasteiger partial charge is 0.128 e. The van der Waals surface area contributed by atoms with Crippen LogP contribution < -0.4 is 11.3 Å². The van der Waals surface area contributed by atoms with Crippen LogP contribution in [0.25, 0.3) is 0 Å². The second-order valence-corrected chi connectivity index (χ2v) is 6.80. The molecule has 1 aromatic rings. The summed E-state index contributed by atoms with van der Waals surface area (Å²) in [6.07, 6.45) is 7.32. The largest absolute Gasteiger partial charge is 0.271 e. The van der Waals surface area contributed by atoms with Crippen LogP contribution in [0.15, 0.2) is 22.7 Å². The topological polar surface area (TPSA) is 38.0 Å². The van der Waals surface area contributed by atoms with Gasteiger partial charge in [0.1, 0.15) is 5.82 Å². The Hall–Kier alpha value is -0.450. The van der Waals surface area contributed by atoms with E-state index >= 15 is 0 Å². The minimum Gasteiger partial charge on any atom is -0.271 e. The molecule has 1 aliphatic carbocycles. The first kappa shape index (κ1) is 15.9. The molecule has 2 nitrogen and oxygen atoms in total. The minimum absolute atomic E-state index is 0.0879. The Morgan fingerprint density at radius 3 is 2.65 bits per heavy atom. The lowest BCUT2D eigenvalue weighted by Gasteiger charge is -2.34. The monoisotopic (exact) mass is 342 g/mol. The highest BCUT2D eigenvalue weighted by Gasteiger charge is 2.29. The first-order valence-electron chi connectivity index (χ1n) is 7.56. The molecule has 0 amide bonds. The van der Waals surface area contributed by atoms with Crippen LogP contribution in [0.4, 0.5) is 4.39 Å². The van der Waals surface area contributed by atoms with Crippen molar-refractivity contribution in [2.24, 2.45) is 17.7 Å². The van der Waals surface area contributed by atoms with Crippen LogP contribution in [-0.4, -0.2) is 0 Å². The zero-order valence-corrected chi connectivity index (χ0v) is 13.6. The molecule has 3 N–H and O–H groups in total. The number of hydrogen-bond acceptors (Lipinski definition) is 2. The van der Waals surface area contributed by atoms with Crippen molar-refractivity contribution in [2.75, 3.05) is 0 Å². The minimum atomic E-state index is -0.174. The van der Waals surface area contributed by atoms with E-state index in [9.17, 15) is 4.39 Å². The van der Waals surface area contributed by atoms with Gasteiger partial charge in [-0.05, 0) is 42.9 Å². The van der Waals surface area contributed by atoms with Crippen molar-refractivity contribution in [1.82, 2.24) is 5.43 Å². The quantitative estimate of drug-likeness (QED) is 0.601. The molecular weight excluding hydrogens is 319 g/mol. The van der Waals surface area contributed by atoms with Crippen LogP contribution in [0.2, 0.25) is 0 Å². The first-order valence-corrected chi connectivity index (χ1v) is 8.36. The number of nitrogens with one attached hydrogen (secondary N) is 1. The van der Waals surface area contributed by atoms with E-state index < -0.39 is 0 Å². The van der Waals surface area contributed by atoms with Gasteiger partial charge in [-0.2, -0.15) is 0 Å². The van der Waals surface area contributed by atoms with Crippen molar-refractivity contribution >= 4 is 15.9 Å². The molecule has 1 saturated carbocycles. The summed E-state index contributed by atoms with van der Waals surface area (Å²) >= 11 is 3.41. The molecule has 0 spiro atoms. The third kappa shape index (κ3) is 3.80. The summed E-state index contributed by atoms with van der Waals surface area (Å²) in [4.78, 5) is 0. The molecule has 1 aliphatic rings. The van der Waals surface area contributed by atoms with Crippen LogP contribution in [0.5, 0.6) is 0 Å². The maximum Gasteiger partial charge on any atom is 0.128 e. The second-order valence-electron chi connectivity index (χ2n) is 5.88. The molecule has 0 heterocycles. The van der Waals surface area contributed by atoms with Gasteiger partial charge in [0.2, 0.25) is 0 Å². The maximum absolute atomic E-state index is 14.0. The zero-order valence-electron chi connectivity index (χ0n) is 12.0. The summed E-state index contributed by atoms with van der Waals surface area (Å²) in [7, 11) is 0. The van der Waals surface area contributed by atoms with E-state index in [0.717, 1.165) is 23.2 Å². The van der Waals surface area contributed by atoms with E-state index in [1.807, 2.05) is 6.07 Å². The SMILES string of the molecule is CCCC1CCC(C(NN)c2cc(Br)ccc2F)CC1. The van der Waals surface area contributed by atoms with Crippen molar-refractivity contribution in [2.45, 2.75) is 51.5 Å². The van der Waals surface area contributed by atoms with Gasteiger partial charge in [-0.15, -0.1) is 0 Å². The van der Waals surface area contributed by atoms with Crippen molar-refractivity contribution < 1.29 is 4.39 Å². The molecule has 2 rings (SSSR count). The Morgan fingerprint density at radius 2 is 2.05 bits per heavy atom. The lowest BCUT2D eigenvalue weighted by atomic mass is 9.75. The van der Waals surface area contributed by atoms with Crippen LogP contribution in [-0.2, 0) is 0 Å². The summed E-state index contributed by atoms with van der Waals surface area (Å²) in [5.74, 6) is 6.82. The maximum atomic E-state index is 14.0. The summed E-state index contributed by atoms with van der Waals surface area (Å²) in [5, 5.41) is 0. The number of benzene rings is 1. The van der Waals surface area contributed by atoms with Gasteiger partial charge in [-0.1, -0.05) is 48.5 Å². The van der Waals surface area contributed by atoms with Gasteiger partial charge in [0, 0.05) is 10.0 Å². The molecule has 112 valence electrons. The van der Waals surface area contributed by atoms with E-state index in [-0.39, 0.29) is 11.9 Å². The average Bonchev–Trinajstić information content (AvgIpc) is 2.45. The third-order valence-corrected chi connectivity index (χ3v) is 5.03. The number of hydrogen-bond donors (Lipinski definition) is 2. The second kappa shape index (κ2) is 7.53. The molecule has 0 aliphatic heterocycles. The molecule has 20 heavy (non-hydrogen) atoms. The molecular formula is C16H24BrFN2. The number of rotatable bonds is 5. The van der Waals surface area contributed by atoms with E-state index in [4.69, 9.17) is 5.84 Å². The highest BCUT2D eigenvalue weighted by molar-refractivity contribution is 9.10. The summed E-state index contributed by atoms with van der Waals surface area (Å²) in [5.41, 5.74) is 3.52. The van der Waals surface area contributed by atoms with Gasteiger partial charge in [-0.3, -0.25) is 11.3 Å². The molecule has 1 aromatic carbocycles. The Morgan fingerprint density at radius 1 is 1.35 bits per heavy atom. The van der Waals surface area contributed by atoms with Gasteiger partial charge >= 0.3 is 0 Å². The summed E-state index contributed by atoms with van der Waals surface area (Å²) in [6.45, 7) is 2.24. The van der Waals surface area contributed by atoms with Crippen LogP contribution >= 0.6 is 15.9 Å². The highest BCUT2D eigenvalue weighted by atomic mass is 79.9. The molecule has 1 unspecified atom stereocenters. The fourth-order valence-corrected chi connectivity index (χ4v) is 3.83. The van der Waals surface area contributed by atoms with Gasteiger partial charge in [0.15, 0.2) is 0 Å². The van der Waals surface area contributed by atoms with Gasteiger partial charge in [0.25, 0.3) is 0 Å². The number of nitrogens with two attached hydrogens (primary N) is 1. The number of halogens is 2. The molecule has 0 saturated heterocycles. The molecule has 4 heteroatoms. The Balaban J connectivity index is 2.07. The normalized spacial score (nSPS) is 24.6. The predicted octanol–water partition coefficient (Wildman–Crippen LogP) is 4.70. The highest BCUT2D eigenvalue weighted by Crippen LogP contribution is 2.39. The predicted molar refractivity (Wildman–Crippen MR) is 84.5 cm³/mol.